The van der Waals surface area contributed by atoms with Crippen molar-refractivity contribution in [3.8, 4) is 0 Å². The van der Waals surface area contributed by atoms with Crippen LogP contribution in [0.3, 0.4) is 0 Å². The first kappa shape index (κ1) is 27.6. The molecule has 0 radical (unpaired) electrons. The van der Waals surface area contributed by atoms with Crippen molar-refractivity contribution in [1.29, 1.82) is 0 Å². The van der Waals surface area contributed by atoms with Crippen LogP contribution in [0.5, 0.6) is 0 Å². The van der Waals surface area contributed by atoms with Gasteiger partial charge in [-0.2, -0.15) is 0 Å². The average molecular weight is 506 g/mol. The lowest BCUT2D eigenvalue weighted by atomic mass is 10.0. The predicted molar refractivity (Wildman–Crippen MR) is 153 cm³/mol. The monoisotopic (exact) mass is 505 g/mol. The molecule has 3 rings (SSSR count). The van der Waals surface area contributed by atoms with E-state index in [1.807, 2.05) is 0 Å². The van der Waals surface area contributed by atoms with E-state index in [9.17, 15) is 4.39 Å². The second-order valence-corrected chi connectivity index (χ2v) is 9.50. The molecule has 0 saturated carbocycles. The molecule has 0 fully saturated rings. The minimum atomic E-state index is -0.332. The Morgan fingerprint density at radius 1 is 1.14 bits per heavy atom. The van der Waals surface area contributed by atoms with Crippen LogP contribution in [0.25, 0.3) is 6.08 Å². The van der Waals surface area contributed by atoms with Crippen LogP contribution in [0.15, 0.2) is 89.6 Å². The molecule has 0 saturated heterocycles. The van der Waals surface area contributed by atoms with Crippen LogP contribution in [0, 0.1) is 5.82 Å². The maximum Gasteiger partial charge on any atom is 0.123 e. The maximum absolute atomic E-state index is 13.5. The van der Waals surface area contributed by atoms with Crippen LogP contribution >= 0.6 is 11.6 Å². The second kappa shape index (κ2) is 15.2. The molecule has 1 aliphatic rings. The van der Waals surface area contributed by atoms with E-state index >= 15 is 0 Å². The standard InChI is InChI=1S/C31H37ClFN3/c1-2-29(36-23-27-21-28(33)16-18-31(27)32)20-25-13-11-24(12-14-25)8-4-3-5-10-30-17-15-26(22-34)9-6-7-19-35-30/h2,4,8,11-18,21,23,29,35H,1,3,5-7,9-10,19-20,22,34H2/b8-4-,26-15-,30-17-,36-23?. The van der Waals surface area contributed by atoms with Crippen molar-refractivity contribution in [3.05, 3.63) is 112 Å². The zero-order chi connectivity index (χ0) is 25.6. The van der Waals surface area contributed by atoms with E-state index in [0.29, 0.717) is 17.1 Å². The quantitative estimate of drug-likeness (QED) is 0.189. The summed E-state index contributed by atoms with van der Waals surface area (Å²) in [6, 6.07) is 12.6. The molecule has 1 unspecified atom stereocenters. The number of benzene rings is 2. The van der Waals surface area contributed by atoms with Crippen molar-refractivity contribution >= 4 is 23.9 Å². The number of nitrogens with zero attached hydrogens (tertiary/aromatic N) is 1. The lowest BCUT2D eigenvalue weighted by molar-refractivity contribution is 0.627. The van der Waals surface area contributed by atoms with Crippen molar-refractivity contribution in [1.82, 2.24) is 5.32 Å². The first-order valence-corrected chi connectivity index (χ1v) is 13.1. The van der Waals surface area contributed by atoms with Crippen LogP contribution in [-0.2, 0) is 6.42 Å². The molecule has 190 valence electrons. The third kappa shape index (κ3) is 9.60. The van der Waals surface area contributed by atoms with Gasteiger partial charge in [-0.15, -0.1) is 6.58 Å². The van der Waals surface area contributed by atoms with Gasteiger partial charge in [-0.3, -0.25) is 4.99 Å². The van der Waals surface area contributed by atoms with E-state index < -0.39 is 0 Å². The van der Waals surface area contributed by atoms with E-state index in [-0.39, 0.29) is 11.9 Å². The topological polar surface area (TPSA) is 50.4 Å². The fourth-order valence-corrected chi connectivity index (χ4v) is 4.22. The van der Waals surface area contributed by atoms with Crippen molar-refractivity contribution in [3.63, 3.8) is 0 Å². The molecule has 0 amide bonds. The van der Waals surface area contributed by atoms with E-state index in [1.165, 1.54) is 53.4 Å². The van der Waals surface area contributed by atoms with Gasteiger partial charge in [-0.1, -0.05) is 65.7 Å². The molecule has 0 spiro atoms. The highest BCUT2D eigenvalue weighted by Crippen LogP contribution is 2.17. The van der Waals surface area contributed by atoms with Crippen molar-refractivity contribution in [2.75, 3.05) is 13.1 Å². The molecule has 1 atom stereocenters. The van der Waals surface area contributed by atoms with Gasteiger partial charge in [0.1, 0.15) is 5.82 Å². The summed E-state index contributed by atoms with van der Waals surface area (Å²) < 4.78 is 13.5. The predicted octanol–water partition coefficient (Wildman–Crippen LogP) is 7.42. The Hall–Kier alpha value is -2.95. The molecular weight excluding hydrogens is 469 g/mol. The molecule has 1 heterocycles. The van der Waals surface area contributed by atoms with Crippen LogP contribution in [0.2, 0.25) is 5.02 Å². The summed E-state index contributed by atoms with van der Waals surface area (Å²) >= 11 is 6.13. The Labute approximate surface area is 220 Å². The smallest absolute Gasteiger partial charge is 0.123 e. The van der Waals surface area contributed by atoms with Gasteiger partial charge in [-0.25, -0.2) is 4.39 Å². The van der Waals surface area contributed by atoms with Crippen molar-refractivity contribution in [2.24, 2.45) is 10.7 Å². The maximum atomic E-state index is 13.5. The van der Waals surface area contributed by atoms with E-state index in [2.05, 4.69) is 65.5 Å². The molecule has 1 aliphatic heterocycles. The Morgan fingerprint density at radius 2 is 1.97 bits per heavy atom. The second-order valence-electron chi connectivity index (χ2n) is 9.09. The van der Waals surface area contributed by atoms with Gasteiger partial charge in [0.25, 0.3) is 0 Å². The Morgan fingerprint density at radius 3 is 2.75 bits per heavy atom. The average Bonchev–Trinajstić information content (AvgIpc) is 3.01. The number of unbranched alkanes of at least 4 members (excludes halogenated alkanes) is 1. The minimum absolute atomic E-state index is 0.109. The minimum Gasteiger partial charge on any atom is -0.388 e. The lowest BCUT2D eigenvalue weighted by Crippen LogP contribution is -2.14. The van der Waals surface area contributed by atoms with E-state index in [1.54, 1.807) is 12.3 Å². The fraction of sp³-hybridized carbons (Fsp3) is 0.323. The van der Waals surface area contributed by atoms with Gasteiger partial charge in [0, 0.05) is 35.6 Å². The number of nitrogens with two attached hydrogens (primary N) is 1. The Bertz CT molecular complexity index is 1100. The zero-order valence-electron chi connectivity index (χ0n) is 20.9. The van der Waals surface area contributed by atoms with Crippen molar-refractivity contribution < 1.29 is 4.39 Å². The molecule has 3 nitrogen and oxygen atoms in total. The number of hydrogen-bond acceptors (Lipinski definition) is 3. The molecule has 0 bridgehead atoms. The van der Waals surface area contributed by atoms with Gasteiger partial charge in [-0.05, 0) is 80.3 Å². The van der Waals surface area contributed by atoms with Crippen LogP contribution < -0.4 is 11.1 Å². The first-order chi connectivity index (χ1) is 17.6. The molecule has 5 heteroatoms. The largest absolute Gasteiger partial charge is 0.388 e. The lowest BCUT2D eigenvalue weighted by Gasteiger charge is -2.09. The van der Waals surface area contributed by atoms with E-state index in [0.717, 1.165) is 38.6 Å². The Kier molecular flexibility index (Phi) is 11.7. The summed E-state index contributed by atoms with van der Waals surface area (Å²) in [6.45, 7) is 5.58. The van der Waals surface area contributed by atoms with E-state index in [4.69, 9.17) is 17.3 Å². The molecule has 2 aromatic carbocycles. The highest BCUT2D eigenvalue weighted by molar-refractivity contribution is 6.33. The summed E-state index contributed by atoms with van der Waals surface area (Å²) in [5, 5.41) is 4.05. The third-order valence-corrected chi connectivity index (χ3v) is 6.59. The highest BCUT2D eigenvalue weighted by Gasteiger charge is 2.05. The number of allylic oxidation sites excluding steroid dienone is 4. The summed E-state index contributed by atoms with van der Waals surface area (Å²) in [4.78, 5) is 4.54. The van der Waals surface area contributed by atoms with Crippen LogP contribution in [0.1, 0.15) is 55.2 Å². The number of hydrogen-bond donors (Lipinski definition) is 2. The summed E-state index contributed by atoms with van der Waals surface area (Å²) in [6.07, 6.45) is 19.6. The van der Waals surface area contributed by atoms with Gasteiger partial charge < -0.3 is 11.1 Å². The molecule has 36 heavy (non-hydrogen) atoms. The van der Waals surface area contributed by atoms with Crippen molar-refractivity contribution in [2.45, 2.75) is 51.0 Å². The molecule has 2 aromatic rings. The highest BCUT2D eigenvalue weighted by atomic mass is 35.5. The SMILES string of the molecule is C=CC(Cc1ccc(/C=C\CCC/C2=C/C=C(\CN)CCCCN2)cc1)N=Cc1cc(F)ccc1Cl. The molecule has 0 aliphatic carbocycles. The third-order valence-electron chi connectivity index (χ3n) is 6.25. The number of aliphatic imine (C=N–C) groups is 1. The van der Waals surface area contributed by atoms with Gasteiger partial charge in [0.15, 0.2) is 0 Å². The normalized spacial score (nSPS) is 18.4. The number of rotatable bonds is 11. The molecule has 0 aromatic heterocycles. The summed E-state index contributed by atoms with van der Waals surface area (Å²) in [7, 11) is 0. The van der Waals surface area contributed by atoms with Gasteiger partial charge >= 0.3 is 0 Å². The van der Waals surface area contributed by atoms with Crippen LogP contribution in [-0.4, -0.2) is 25.3 Å². The first-order valence-electron chi connectivity index (χ1n) is 12.8. The zero-order valence-corrected chi connectivity index (χ0v) is 21.7. The number of halogens is 2. The summed E-state index contributed by atoms with van der Waals surface area (Å²) in [5.41, 5.74) is 11.4. The fourth-order valence-electron chi connectivity index (χ4n) is 4.05. The molecular formula is C31H37ClFN3. The molecule has 3 N–H and O–H groups in total. The summed E-state index contributed by atoms with van der Waals surface area (Å²) in [5.74, 6) is -0.332. The Balaban J connectivity index is 1.47. The number of nitrogens with one attached hydrogen (secondary N) is 1. The van der Waals surface area contributed by atoms with Crippen LogP contribution in [0.4, 0.5) is 4.39 Å². The van der Waals surface area contributed by atoms with Gasteiger partial charge in [0.05, 0.1) is 6.04 Å². The van der Waals surface area contributed by atoms with Gasteiger partial charge in [0.2, 0.25) is 0 Å².